The number of carboxylic acid groups (broad SMARTS) is 1. The first-order valence-electron chi connectivity index (χ1n) is 5.99. The second kappa shape index (κ2) is 6.13. The summed E-state index contributed by atoms with van der Waals surface area (Å²) in [6, 6.07) is 2.02. The van der Waals surface area contributed by atoms with Gasteiger partial charge in [-0.3, -0.25) is 4.90 Å². The van der Waals surface area contributed by atoms with Gasteiger partial charge in [0.1, 0.15) is 0 Å². The van der Waals surface area contributed by atoms with Crippen LogP contribution >= 0.6 is 11.3 Å². The average molecular weight is 267 g/mol. The van der Waals surface area contributed by atoms with Crippen molar-refractivity contribution in [3.63, 3.8) is 0 Å². The van der Waals surface area contributed by atoms with Crippen LogP contribution < -0.4 is 0 Å². The third-order valence-corrected chi connectivity index (χ3v) is 4.04. The highest BCUT2D eigenvalue weighted by Gasteiger charge is 2.21. The van der Waals surface area contributed by atoms with Gasteiger partial charge in [0.05, 0.1) is 0 Å². The second-order valence-electron chi connectivity index (χ2n) is 4.59. The third kappa shape index (κ3) is 3.66. The van der Waals surface area contributed by atoms with E-state index in [-0.39, 0.29) is 6.61 Å². The standard InChI is InChI=1S/C13H17NO3S/c15-8-11-3-4-14(6-11)7-12-5-10(9-18-12)1-2-13(16)17/h1-2,5,9,11,15H,3-4,6-8H2,(H,16,17)/b2-1+. The Hall–Kier alpha value is -1.17. The second-order valence-corrected chi connectivity index (χ2v) is 5.59. The van der Waals surface area contributed by atoms with Gasteiger partial charge in [-0.15, -0.1) is 11.3 Å². The maximum Gasteiger partial charge on any atom is 0.328 e. The number of hydrogen-bond donors (Lipinski definition) is 2. The Labute approximate surface area is 110 Å². The molecule has 4 nitrogen and oxygen atoms in total. The minimum absolute atomic E-state index is 0.271. The maximum absolute atomic E-state index is 10.4. The van der Waals surface area contributed by atoms with E-state index >= 15 is 0 Å². The van der Waals surface area contributed by atoms with Gasteiger partial charge in [0.25, 0.3) is 0 Å². The Morgan fingerprint density at radius 1 is 1.61 bits per heavy atom. The van der Waals surface area contributed by atoms with Crippen LogP contribution in [0.1, 0.15) is 16.9 Å². The Balaban J connectivity index is 1.89. The molecule has 1 aromatic rings. The van der Waals surface area contributed by atoms with E-state index in [2.05, 4.69) is 4.90 Å². The zero-order valence-electron chi connectivity index (χ0n) is 10.1. The number of hydrogen-bond acceptors (Lipinski definition) is 4. The van der Waals surface area contributed by atoms with Crippen LogP contribution in [-0.2, 0) is 11.3 Å². The van der Waals surface area contributed by atoms with Gasteiger partial charge in [-0.25, -0.2) is 4.79 Å². The van der Waals surface area contributed by atoms with Gasteiger partial charge in [-0.1, -0.05) is 0 Å². The molecule has 1 aliphatic heterocycles. The van der Waals surface area contributed by atoms with Gasteiger partial charge in [0.2, 0.25) is 0 Å². The van der Waals surface area contributed by atoms with E-state index in [4.69, 9.17) is 10.2 Å². The molecule has 1 aromatic heterocycles. The van der Waals surface area contributed by atoms with Crippen LogP contribution in [0.25, 0.3) is 6.08 Å². The predicted octanol–water partition coefficient (Wildman–Crippen LogP) is 1.66. The summed E-state index contributed by atoms with van der Waals surface area (Å²) in [5, 5.41) is 19.6. The lowest BCUT2D eigenvalue weighted by Crippen LogP contribution is -2.20. The largest absolute Gasteiger partial charge is 0.478 e. The number of nitrogens with zero attached hydrogens (tertiary/aromatic N) is 1. The molecule has 0 saturated carbocycles. The summed E-state index contributed by atoms with van der Waals surface area (Å²) >= 11 is 1.65. The number of rotatable bonds is 5. The molecule has 1 saturated heterocycles. The Bertz CT molecular complexity index is 441. The van der Waals surface area contributed by atoms with Crippen LogP contribution in [0.15, 0.2) is 17.5 Å². The first-order valence-corrected chi connectivity index (χ1v) is 6.87. The normalized spacial score (nSPS) is 20.8. The fraction of sp³-hybridized carbons (Fsp3) is 0.462. The number of aliphatic hydroxyl groups excluding tert-OH is 1. The molecule has 5 heteroatoms. The minimum atomic E-state index is -0.923. The molecule has 1 atom stereocenters. The van der Waals surface area contributed by atoms with E-state index in [1.807, 2.05) is 11.4 Å². The molecule has 2 rings (SSSR count). The van der Waals surface area contributed by atoms with Gasteiger partial charge in [0, 0.05) is 30.6 Å². The summed E-state index contributed by atoms with van der Waals surface area (Å²) in [6.07, 6.45) is 3.83. The van der Waals surface area contributed by atoms with E-state index in [0.29, 0.717) is 5.92 Å². The topological polar surface area (TPSA) is 60.8 Å². The Morgan fingerprint density at radius 2 is 2.44 bits per heavy atom. The fourth-order valence-corrected chi connectivity index (χ4v) is 3.06. The third-order valence-electron chi connectivity index (χ3n) is 3.10. The maximum atomic E-state index is 10.4. The summed E-state index contributed by atoms with van der Waals surface area (Å²) < 4.78 is 0. The summed E-state index contributed by atoms with van der Waals surface area (Å²) in [7, 11) is 0. The van der Waals surface area contributed by atoms with E-state index < -0.39 is 5.97 Å². The molecular weight excluding hydrogens is 250 g/mol. The Morgan fingerprint density at radius 3 is 3.11 bits per heavy atom. The average Bonchev–Trinajstić information content (AvgIpc) is 2.96. The molecule has 0 aliphatic carbocycles. The SMILES string of the molecule is O=C(O)/C=C/c1csc(CN2CCC(CO)C2)c1. The molecule has 18 heavy (non-hydrogen) atoms. The molecule has 98 valence electrons. The monoisotopic (exact) mass is 267 g/mol. The van der Waals surface area contributed by atoms with Crippen LogP contribution in [-0.4, -0.2) is 40.8 Å². The quantitative estimate of drug-likeness (QED) is 0.797. The van der Waals surface area contributed by atoms with Crippen molar-refractivity contribution in [2.75, 3.05) is 19.7 Å². The van der Waals surface area contributed by atoms with E-state index in [0.717, 1.165) is 37.7 Å². The predicted molar refractivity (Wildman–Crippen MR) is 71.5 cm³/mol. The van der Waals surface area contributed by atoms with Gasteiger partial charge in [-0.2, -0.15) is 0 Å². The van der Waals surface area contributed by atoms with Gasteiger partial charge < -0.3 is 10.2 Å². The molecule has 2 N–H and O–H groups in total. The zero-order chi connectivity index (χ0) is 13.0. The van der Waals surface area contributed by atoms with Gasteiger partial charge in [0.15, 0.2) is 0 Å². The first kappa shape index (κ1) is 13.3. The highest BCUT2D eigenvalue weighted by Crippen LogP contribution is 2.22. The van der Waals surface area contributed by atoms with Crippen molar-refractivity contribution >= 4 is 23.4 Å². The fourth-order valence-electron chi connectivity index (χ4n) is 2.16. The highest BCUT2D eigenvalue weighted by molar-refractivity contribution is 7.10. The number of aliphatic carboxylic acids is 1. The lowest BCUT2D eigenvalue weighted by molar-refractivity contribution is -0.131. The summed E-state index contributed by atoms with van der Waals surface area (Å²) in [5.41, 5.74) is 0.940. The molecule has 0 bridgehead atoms. The van der Waals surface area contributed by atoms with Crippen molar-refractivity contribution in [1.29, 1.82) is 0 Å². The van der Waals surface area contributed by atoms with Crippen molar-refractivity contribution in [3.05, 3.63) is 28.0 Å². The molecule has 0 aromatic carbocycles. The summed E-state index contributed by atoms with van der Waals surface area (Å²) in [6.45, 7) is 3.15. The molecule has 1 fully saturated rings. The number of likely N-dealkylation sites (tertiary alicyclic amines) is 1. The first-order chi connectivity index (χ1) is 8.67. The van der Waals surface area contributed by atoms with Crippen LogP contribution in [0.3, 0.4) is 0 Å². The minimum Gasteiger partial charge on any atom is -0.478 e. The van der Waals surface area contributed by atoms with Crippen molar-refractivity contribution in [1.82, 2.24) is 4.90 Å². The Kier molecular flexibility index (Phi) is 4.52. The van der Waals surface area contributed by atoms with Crippen molar-refractivity contribution in [3.8, 4) is 0 Å². The van der Waals surface area contributed by atoms with Crippen molar-refractivity contribution < 1.29 is 15.0 Å². The molecular formula is C13H17NO3S. The molecule has 0 radical (unpaired) electrons. The summed E-state index contributed by atoms with van der Waals surface area (Å²) in [4.78, 5) is 14.0. The zero-order valence-corrected chi connectivity index (χ0v) is 10.9. The van der Waals surface area contributed by atoms with Crippen molar-refractivity contribution in [2.45, 2.75) is 13.0 Å². The van der Waals surface area contributed by atoms with E-state index in [9.17, 15) is 4.79 Å². The lowest BCUT2D eigenvalue weighted by Gasteiger charge is -2.13. The van der Waals surface area contributed by atoms with Crippen LogP contribution in [0, 0.1) is 5.92 Å². The molecule has 2 heterocycles. The van der Waals surface area contributed by atoms with Gasteiger partial charge >= 0.3 is 5.97 Å². The smallest absolute Gasteiger partial charge is 0.328 e. The van der Waals surface area contributed by atoms with Gasteiger partial charge in [-0.05, 0) is 42.0 Å². The van der Waals surface area contributed by atoms with Crippen molar-refractivity contribution in [2.24, 2.45) is 5.92 Å². The summed E-state index contributed by atoms with van der Waals surface area (Å²) in [5.74, 6) is -0.510. The lowest BCUT2D eigenvalue weighted by atomic mass is 10.1. The number of aliphatic hydroxyl groups is 1. The van der Waals surface area contributed by atoms with Crippen LogP contribution in [0.4, 0.5) is 0 Å². The molecule has 0 amide bonds. The number of carboxylic acids is 1. The molecule has 0 spiro atoms. The van der Waals surface area contributed by atoms with E-state index in [1.165, 1.54) is 4.88 Å². The number of thiophene rings is 1. The molecule has 1 unspecified atom stereocenters. The number of carbonyl (C=O) groups is 1. The van der Waals surface area contributed by atoms with Crippen LogP contribution in [0.5, 0.6) is 0 Å². The highest BCUT2D eigenvalue weighted by atomic mass is 32.1. The van der Waals surface area contributed by atoms with Crippen LogP contribution in [0.2, 0.25) is 0 Å². The molecule has 1 aliphatic rings. The van der Waals surface area contributed by atoms with E-state index in [1.54, 1.807) is 17.4 Å².